The summed E-state index contributed by atoms with van der Waals surface area (Å²) in [4.78, 5) is 11.5. The molecule has 3 nitrogen and oxygen atoms in total. The number of hydrogen-bond acceptors (Lipinski definition) is 3. The Labute approximate surface area is 96.4 Å². The van der Waals surface area contributed by atoms with E-state index in [0.29, 0.717) is 0 Å². The van der Waals surface area contributed by atoms with Crippen molar-refractivity contribution in [2.75, 3.05) is 13.7 Å². The molecule has 0 amide bonds. The Hall–Kier alpha value is -1.56. The number of rotatable bonds is 4. The largest absolute Gasteiger partial charge is 0.497 e. The van der Waals surface area contributed by atoms with E-state index in [0.717, 1.165) is 12.1 Å². The normalized spacial score (nSPS) is 11.4. The lowest BCUT2D eigenvalue weighted by Crippen LogP contribution is -2.15. The SMILES string of the molecule is COc1ccc(C(=O)CCN)c(C(F)(F)F)c1. The number of halogens is 3. The van der Waals surface area contributed by atoms with Crippen LogP contribution in [0, 0.1) is 0 Å². The van der Waals surface area contributed by atoms with E-state index in [1.54, 1.807) is 0 Å². The van der Waals surface area contributed by atoms with Gasteiger partial charge in [-0.05, 0) is 24.7 Å². The van der Waals surface area contributed by atoms with Crippen LogP contribution in [0.2, 0.25) is 0 Å². The van der Waals surface area contributed by atoms with Crippen LogP contribution < -0.4 is 10.5 Å². The molecule has 2 N–H and O–H groups in total. The van der Waals surface area contributed by atoms with Gasteiger partial charge in [0.05, 0.1) is 12.7 Å². The molecule has 0 spiro atoms. The predicted octanol–water partition coefficient (Wildman–Crippen LogP) is 2.25. The maximum absolute atomic E-state index is 12.7. The Morgan fingerprint density at radius 1 is 1.41 bits per heavy atom. The van der Waals surface area contributed by atoms with E-state index in [-0.39, 0.29) is 24.3 Å². The Morgan fingerprint density at radius 3 is 2.53 bits per heavy atom. The number of carbonyl (C=O) groups is 1. The van der Waals surface area contributed by atoms with Crippen molar-refractivity contribution in [1.29, 1.82) is 0 Å². The number of nitrogens with two attached hydrogens (primary N) is 1. The van der Waals surface area contributed by atoms with Gasteiger partial charge in [-0.1, -0.05) is 0 Å². The smallest absolute Gasteiger partial charge is 0.417 e. The first kappa shape index (κ1) is 13.5. The van der Waals surface area contributed by atoms with Crippen molar-refractivity contribution >= 4 is 5.78 Å². The zero-order valence-corrected chi connectivity index (χ0v) is 9.17. The number of carbonyl (C=O) groups excluding carboxylic acids is 1. The lowest BCUT2D eigenvalue weighted by Gasteiger charge is -2.13. The first-order chi connectivity index (χ1) is 7.90. The minimum Gasteiger partial charge on any atom is -0.497 e. The zero-order valence-electron chi connectivity index (χ0n) is 9.17. The highest BCUT2D eigenvalue weighted by molar-refractivity contribution is 5.98. The first-order valence-electron chi connectivity index (χ1n) is 4.88. The predicted molar refractivity (Wildman–Crippen MR) is 56.0 cm³/mol. The lowest BCUT2D eigenvalue weighted by atomic mass is 10.0. The third-order valence-corrected chi connectivity index (χ3v) is 2.20. The molecule has 0 unspecified atom stereocenters. The number of alkyl halides is 3. The van der Waals surface area contributed by atoms with Crippen LogP contribution in [-0.4, -0.2) is 19.4 Å². The number of Topliss-reactive ketones (excluding diaryl/α,β-unsaturated/α-hetero) is 1. The summed E-state index contributed by atoms with van der Waals surface area (Å²) >= 11 is 0. The average Bonchev–Trinajstić information content (AvgIpc) is 2.27. The topological polar surface area (TPSA) is 52.3 Å². The molecule has 1 aromatic carbocycles. The first-order valence-corrected chi connectivity index (χ1v) is 4.88. The standard InChI is InChI=1S/C11H12F3NO2/c1-17-7-2-3-8(10(16)4-5-15)9(6-7)11(12,13)14/h2-3,6H,4-5,15H2,1H3. The van der Waals surface area contributed by atoms with Gasteiger partial charge in [-0.15, -0.1) is 0 Å². The molecule has 1 rings (SSSR count). The zero-order chi connectivity index (χ0) is 13.1. The monoisotopic (exact) mass is 247 g/mol. The fourth-order valence-corrected chi connectivity index (χ4v) is 1.39. The second-order valence-electron chi connectivity index (χ2n) is 3.37. The van der Waals surface area contributed by atoms with Crippen molar-refractivity contribution in [3.63, 3.8) is 0 Å². The quantitative estimate of drug-likeness (QED) is 0.830. The van der Waals surface area contributed by atoms with Crippen LogP contribution in [0.15, 0.2) is 18.2 Å². The van der Waals surface area contributed by atoms with Crippen LogP contribution in [0.3, 0.4) is 0 Å². The second-order valence-corrected chi connectivity index (χ2v) is 3.37. The fraction of sp³-hybridized carbons (Fsp3) is 0.364. The molecule has 0 aliphatic carbocycles. The summed E-state index contributed by atoms with van der Waals surface area (Å²) in [7, 11) is 1.26. The highest BCUT2D eigenvalue weighted by atomic mass is 19.4. The molecule has 6 heteroatoms. The van der Waals surface area contributed by atoms with Crippen molar-refractivity contribution < 1.29 is 22.7 Å². The number of ketones is 1. The molecule has 0 bridgehead atoms. The van der Waals surface area contributed by atoms with Gasteiger partial charge in [-0.2, -0.15) is 13.2 Å². The van der Waals surface area contributed by atoms with Gasteiger partial charge in [0.1, 0.15) is 5.75 Å². The molecule has 17 heavy (non-hydrogen) atoms. The van der Waals surface area contributed by atoms with Gasteiger partial charge < -0.3 is 10.5 Å². The van der Waals surface area contributed by atoms with E-state index < -0.39 is 17.5 Å². The Bertz CT molecular complexity index is 416. The molecule has 0 atom stereocenters. The van der Waals surface area contributed by atoms with Crippen LogP contribution in [-0.2, 0) is 6.18 Å². The summed E-state index contributed by atoms with van der Waals surface area (Å²) in [5.41, 5.74) is 3.79. The van der Waals surface area contributed by atoms with Crippen molar-refractivity contribution in [3.05, 3.63) is 29.3 Å². The molecule has 0 aromatic heterocycles. The van der Waals surface area contributed by atoms with E-state index in [4.69, 9.17) is 10.5 Å². The summed E-state index contributed by atoms with van der Waals surface area (Å²) < 4.78 is 42.9. The van der Waals surface area contributed by atoms with Gasteiger partial charge in [0.15, 0.2) is 5.78 Å². The number of hydrogen-bond donors (Lipinski definition) is 1. The Kier molecular flexibility index (Phi) is 4.11. The van der Waals surface area contributed by atoms with E-state index in [2.05, 4.69) is 0 Å². The van der Waals surface area contributed by atoms with Crippen LogP contribution in [0.25, 0.3) is 0 Å². The molecule has 1 aromatic rings. The molecule has 0 aliphatic rings. The summed E-state index contributed by atoms with van der Waals surface area (Å²) in [6.45, 7) is 0.0160. The average molecular weight is 247 g/mol. The highest BCUT2D eigenvalue weighted by Crippen LogP contribution is 2.34. The second kappa shape index (κ2) is 5.18. The molecule has 0 fully saturated rings. The summed E-state index contributed by atoms with van der Waals surface area (Å²) in [6, 6.07) is 3.24. The highest BCUT2D eigenvalue weighted by Gasteiger charge is 2.35. The van der Waals surface area contributed by atoms with Crippen LogP contribution in [0.1, 0.15) is 22.3 Å². The molecule has 0 radical (unpaired) electrons. The third kappa shape index (κ3) is 3.20. The molecule has 0 saturated carbocycles. The van der Waals surface area contributed by atoms with Gasteiger partial charge >= 0.3 is 6.18 Å². The number of methoxy groups -OCH3 is 1. The minimum atomic E-state index is -4.59. The molecule has 0 heterocycles. The fourth-order valence-electron chi connectivity index (χ4n) is 1.39. The Morgan fingerprint density at radius 2 is 2.06 bits per heavy atom. The molecule has 94 valence electrons. The van der Waals surface area contributed by atoms with Gasteiger partial charge in [-0.3, -0.25) is 4.79 Å². The number of benzene rings is 1. The van der Waals surface area contributed by atoms with Crippen molar-refractivity contribution in [1.82, 2.24) is 0 Å². The number of ether oxygens (including phenoxy) is 1. The van der Waals surface area contributed by atoms with Crippen molar-refractivity contribution in [2.24, 2.45) is 5.73 Å². The summed E-state index contributed by atoms with van der Waals surface area (Å²) in [5, 5.41) is 0. The van der Waals surface area contributed by atoms with E-state index >= 15 is 0 Å². The van der Waals surface area contributed by atoms with E-state index in [1.165, 1.54) is 13.2 Å². The van der Waals surface area contributed by atoms with Crippen LogP contribution in [0.4, 0.5) is 13.2 Å². The summed E-state index contributed by atoms with van der Waals surface area (Å²) in [6.07, 6.45) is -4.70. The third-order valence-electron chi connectivity index (χ3n) is 2.20. The van der Waals surface area contributed by atoms with Crippen LogP contribution in [0.5, 0.6) is 5.75 Å². The van der Waals surface area contributed by atoms with E-state index in [1.807, 2.05) is 0 Å². The maximum atomic E-state index is 12.7. The van der Waals surface area contributed by atoms with Crippen LogP contribution >= 0.6 is 0 Å². The van der Waals surface area contributed by atoms with Crippen molar-refractivity contribution in [3.8, 4) is 5.75 Å². The van der Waals surface area contributed by atoms with Gasteiger partial charge in [0.25, 0.3) is 0 Å². The van der Waals surface area contributed by atoms with E-state index in [9.17, 15) is 18.0 Å². The van der Waals surface area contributed by atoms with Crippen molar-refractivity contribution in [2.45, 2.75) is 12.6 Å². The van der Waals surface area contributed by atoms with Gasteiger partial charge in [0.2, 0.25) is 0 Å². The molecular weight excluding hydrogens is 235 g/mol. The molecule has 0 aliphatic heterocycles. The van der Waals surface area contributed by atoms with Gasteiger partial charge in [0, 0.05) is 12.0 Å². The summed E-state index contributed by atoms with van der Waals surface area (Å²) in [5.74, 6) is -0.566. The Balaban J connectivity index is 3.25. The molecular formula is C11H12F3NO2. The minimum absolute atomic E-state index is 0.0160. The van der Waals surface area contributed by atoms with Gasteiger partial charge in [-0.25, -0.2) is 0 Å². The molecule has 0 saturated heterocycles. The maximum Gasteiger partial charge on any atom is 0.417 e. The lowest BCUT2D eigenvalue weighted by molar-refractivity contribution is -0.138.